The van der Waals surface area contributed by atoms with E-state index in [0.717, 1.165) is 23.9 Å². The van der Waals surface area contributed by atoms with Gasteiger partial charge < -0.3 is 4.74 Å². The molecule has 2 bridgehead atoms. The zero-order chi connectivity index (χ0) is 15.8. The van der Waals surface area contributed by atoms with E-state index in [0.29, 0.717) is 6.04 Å². The van der Waals surface area contributed by atoms with Crippen molar-refractivity contribution in [3.05, 3.63) is 30.1 Å². The third-order valence-corrected chi connectivity index (χ3v) is 3.88. The summed E-state index contributed by atoms with van der Waals surface area (Å²) in [5.41, 5.74) is 2.52. The van der Waals surface area contributed by atoms with E-state index in [-0.39, 0.29) is 0 Å². The summed E-state index contributed by atoms with van der Waals surface area (Å²) in [5.74, 6) is 1.56. The number of likely N-dealkylation sites (N-methyl/N-ethyl adjacent to an activating group) is 1. The molecule has 2 aliphatic rings. The number of fused-ring (bicyclic) bond motifs is 2. The summed E-state index contributed by atoms with van der Waals surface area (Å²) in [6.45, 7) is 12.6. The molecule has 118 valence electrons. The molecule has 1 aliphatic carbocycles. The molecular weight excluding hydrogens is 260 g/mol. The third kappa shape index (κ3) is 3.85. The van der Waals surface area contributed by atoms with Crippen molar-refractivity contribution in [2.75, 3.05) is 20.2 Å². The molecule has 1 aliphatic heterocycles. The van der Waals surface area contributed by atoms with Gasteiger partial charge in [0.25, 0.3) is 0 Å². The number of ether oxygens (including phenoxy) is 1. The van der Waals surface area contributed by atoms with Crippen LogP contribution in [0.1, 0.15) is 46.7 Å². The molecule has 1 fully saturated rings. The molecule has 0 radical (unpaired) electrons. The molecule has 2 atom stereocenters. The predicted molar refractivity (Wildman–Crippen MR) is 90.6 cm³/mol. The normalized spacial score (nSPS) is 22.7. The monoisotopic (exact) mass is 290 g/mol. The Bertz CT molecular complexity index is 439. The van der Waals surface area contributed by atoms with Crippen LogP contribution in [-0.2, 0) is 0 Å². The Morgan fingerprint density at radius 2 is 1.95 bits per heavy atom. The van der Waals surface area contributed by atoms with E-state index in [1.165, 1.54) is 18.5 Å². The fourth-order valence-electron chi connectivity index (χ4n) is 3.03. The molecule has 3 rings (SSSR count). The largest absolute Gasteiger partial charge is 0.495 e. The van der Waals surface area contributed by atoms with Crippen LogP contribution in [0, 0.1) is 5.92 Å². The lowest BCUT2D eigenvalue weighted by molar-refractivity contribution is 0.302. The van der Waals surface area contributed by atoms with Gasteiger partial charge in [-0.3, -0.25) is 9.88 Å². The van der Waals surface area contributed by atoms with Crippen LogP contribution in [-0.4, -0.2) is 36.1 Å². The van der Waals surface area contributed by atoms with Gasteiger partial charge in [0.1, 0.15) is 5.75 Å². The average Bonchev–Trinajstić information content (AvgIpc) is 3.19. The van der Waals surface area contributed by atoms with Gasteiger partial charge in [0.2, 0.25) is 0 Å². The van der Waals surface area contributed by atoms with Crippen LogP contribution in [0.2, 0.25) is 0 Å². The number of nitrogens with zero attached hydrogens (tertiary/aromatic N) is 2. The summed E-state index contributed by atoms with van der Waals surface area (Å²) in [4.78, 5) is 7.05. The van der Waals surface area contributed by atoms with Gasteiger partial charge in [0.05, 0.1) is 19.0 Å². The van der Waals surface area contributed by atoms with Crippen LogP contribution in [0.3, 0.4) is 0 Å². The predicted octanol–water partition coefficient (Wildman–Crippen LogP) is 4.25. The Balaban J connectivity index is 0.000000510. The number of likely N-dealkylation sites (tertiary alicyclic amines) is 1. The van der Waals surface area contributed by atoms with Gasteiger partial charge in [-0.05, 0) is 36.6 Å². The van der Waals surface area contributed by atoms with E-state index in [2.05, 4.69) is 29.0 Å². The van der Waals surface area contributed by atoms with Crippen LogP contribution >= 0.6 is 0 Å². The Morgan fingerprint density at radius 3 is 2.43 bits per heavy atom. The van der Waals surface area contributed by atoms with Gasteiger partial charge in [0, 0.05) is 12.6 Å². The van der Waals surface area contributed by atoms with E-state index in [1.807, 2.05) is 33.8 Å². The Labute approximate surface area is 130 Å². The topological polar surface area (TPSA) is 25.4 Å². The highest BCUT2D eigenvalue weighted by Crippen LogP contribution is 2.40. The second-order valence-electron chi connectivity index (χ2n) is 4.80. The SMILES string of the molecule is CC.CC.CCN1CC2C=C(c3ccc(OC)cn3)C1C2. The second kappa shape index (κ2) is 8.83. The first-order valence-electron chi connectivity index (χ1n) is 8.28. The maximum absolute atomic E-state index is 5.14. The zero-order valence-electron chi connectivity index (χ0n) is 14.4. The lowest BCUT2D eigenvalue weighted by Crippen LogP contribution is -2.32. The van der Waals surface area contributed by atoms with Crippen molar-refractivity contribution in [2.24, 2.45) is 5.92 Å². The Kier molecular flexibility index (Phi) is 7.44. The average molecular weight is 290 g/mol. The highest BCUT2D eigenvalue weighted by Gasteiger charge is 2.38. The van der Waals surface area contributed by atoms with E-state index in [9.17, 15) is 0 Å². The highest BCUT2D eigenvalue weighted by atomic mass is 16.5. The first-order chi connectivity index (χ1) is 10.3. The molecule has 1 aromatic heterocycles. The highest BCUT2D eigenvalue weighted by molar-refractivity contribution is 5.71. The number of rotatable bonds is 3. The van der Waals surface area contributed by atoms with Crippen molar-refractivity contribution in [3.63, 3.8) is 0 Å². The lowest BCUT2D eigenvalue weighted by Gasteiger charge is -2.26. The number of hydrogen-bond donors (Lipinski definition) is 0. The summed E-state index contributed by atoms with van der Waals surface area (Å²) in [6, 6.07) is 4.65. The molecule has 0 aromatic carbocycles. The summed E-state index contributed by atoms with van der Waals surface area (Å²) in [5, 5.41) is 0. The summed E-state index contributed by atoms with van der Waals surface area (Å²) >= 11 is 0. The van der Waals surface area contributed by atoms with Gasteiger partial charge in [-0.2, -0.15) is 0 Å². The third-order valence-electron chi connectivity index (χ3n) is 3.88. The number of aromatic nitrogens is 1. The van der Waals surface area contributed by atoms with Crippen LogP contribution in [0.15, 0.2) is 24.4 Å². The quantitative estimate of drug-likeness (QED) is 0.832. The first-order valence-corrected chi connectivity index (χ1v) is 8.28. The van der Waals surface area contributed by atoms with E-state index in [1.54, 1.807) is 13.3 Å². The van der Waals surface area contributed by atoms with Gasteiger partial charge in [-0.1, -0.05) is 40.7 Å². The standard InChI is InChI=1S/C14H18N2O.2C2H6/c1-3-16-9-10-6-12(14(16)7-10)13-5-4-11(17-2)8-15-13;2*1-2/h4-6,8,10,14H,3,7,9H2,1-2H3;2*1-2H3. The maximum atomic E-state index is 5.14. The van der Waals surface area contributed by atoms with E-state index in [4.69, 9.17) is 4.74 Å². The summed E-state index contributed by atoms with van der Waals surface area (Å²) in [6.07, 6.45) is 5.49. The summed E-state index contributed by atoms with van der Waals surface area (Å²) < 4.78 is 5.14. The van der Waals surface area contributed by atoms with Crippen molar-refractivity contribution >= 4 is 5.57 Å². The van der Waals surface area contributed by atoms with E-state index < -0.39 is 0 Å². The molecule has 1 aromatic rings. The maximum Gasteiger partial charge on any atom is 0.137 e. The van der Waals surface area contributed by atoms with Crippen LogP contribution in [0.25, 0.3) is 5.57 Å². The fraction of sp³-hybridized carbons (Fsp3) is 0.611. The number of pyridine rings is 1. The van der Waals surface area contributed by atoms with Gasteiger partial charge in [0.15, 0.2) is 0 Å². The summed E-state index contributed by atoms with van der Waals surface area (Å²) in [7, 11) is 1.67. The molecule has 0 spiro atoms. The molecule has 2 heterocycles. The van der Waals surface area contributed by atoms with Crippen LogP contribution in [0.5, 0.6) is 5.75 Å². The molecule has 2 unspecified atom stereocenters. The lowest BCUT2D eigenvalue weighted by atomic mass is 10.1. The van der Waals surface area contributed by atoms with E-state index >= 15 is 0 Å². The smallest absolute Gasteiger partial charge is 0.137 e. The van der Waals surface area contributed by atoms with Crippen molar-refractivity contribution < 1.29 is 4.74 Å². The zero-order valence-corrected chi connectivity index (χ0v) is 14.4. The minimum absolute atomic E-state index is 0.589. The van der Waals surface area contributed by atoms with Crippen molar-refractivity contribution in [1.82, 2.24) is 9.88 Å². The van der Waals surface area contributed by atoms with Crippen LogP contribution in [0.4, 0.5) is 0 Å². The molecule has 3 heteroatoms. The number of hydrogen-bond acceptors (Lipinski definition) is 3. The molecular formula is C18H30N2O. The minimum atomic E-state index is 0.589. The molecule has 0 saturated carbocycles. The Hall–Kier alpha value is -1.35. The molecule has 21 heavy (non-hydrogen) atoms. The van der Waals surface area contributed by atoms with Gasteiger partial charge >= 0.3 is 0 Å². The molecule has 1 saturated heterocycles. The molecule has 0 amide bonds. The fourth-order valence-corrected chi connectivity index (χ4v) is 3.03. The van der Waals surface area contributed by atoms with Gasteiger partial charge in [-0.25, -0.2) is 0 Å². The minimum Gasteiger partial charge on any atom is -0.495 e. The molecule has 3 nitrogen and oxygen atoms in total. The first kappa shape index (κ1) is 17.7. The van der Waals surface area contributed by atoms with Crippen molar-refractivity contribution in [2.45, 2.75) is 47.1 Å². The Morgan fingerprint density at radius 1 is 1.24 bits per heavy atom. The molecule has 0 N–H and O–H groups in total. The van der Waals surface area contributed by atoms with Gasteiger partial charge in [-0.15, -0.1) is 0 Å². The number of methoxy groups -OCH3 is 1. The second-order valence-corrected chi connectivity index (χ2v) is 4.80. The van der Waals surface area contributed by atoms with Crippen molar-refractivity contribution in [3.8, 4) is 5.75 Å². The van der Waals surface area contributed by atoms with Crippen LogP contribution < -0.4 is 4.74 Å². The van der Waals surface area contributed by atoms with Crippen molar-refractivity contribution in [1.29, 1.82) is 0 Å².